The van der Waals surface area contributed by atoms with Gasteiger partial charge in [-0.25, -0.2) is 0 Å². The minimum absolute atomic E-state index is 0.235. The number of aromatic nitrogens is 1. The van der Waals surface area contributed by atoms with Crippen molar-refractivity contribution in [2.24, 2.45) is 13.0 Å². The zero-order valence-electron chi connectivity index (χ0n) is 11.0. The molecular formula is C14H22N2O. The Bertz CT molecular complexity index is 397. The first kappa shape index (κ1) is 12.4. The third-order valence-corrected chi connectivity index (χ3v) is 3.82. The highest BCUT2D eigenvalue weighted by atomic mass is 16.1. The molecule has 1 aliphatic heterocycles. The molecule has 3 heteroatoms. The van der Waals surface area contributed by atoms with Crippen LogP contribution in [0.15, 0.2) is 18.3 Å². The van der Waals surface area contributed by atoms with Crippen molar-refractivity contribution in [1.82, 2.24) is 9.47 Å². The fourth-order valence-corrected chi connectivity index (χ4v) is 2.62. The minimum atomic E-state index is 0.235. The summed E-state index contributed by atoms with van der Waals surface area (Å²) in [7, 11) is 1.93. The largest absolute Gasteiger partial charge is 0.348 e. The highest BCUT2D eigenvalue weighted by molar-refractivity contribution is 5.96. The second-order valence-corrected chi connectivity index (χ2v) is 5.39. The average Bonchev–Trinajstić information content (AvgIpc) is 2.70. The van der Waals surface area contributed by atoms with E-state index in [1.165, 1.54) is 12.8 Å². The Labute approximate surface area is 103 Å². The molecule has 2 heterocycles. The van der Waals surface area contributed by atoms with E-state index in [0.717, 1.165) is 12.2 Å². The van der Waals surface area contributed by atoms with Gasteiger partial charge < -0.3 is 4.57 Å². The number of ketones is 1. The Morgan fingerprint density at radius 1 is 1.41 bits per heavy atom. The second kappa shape index (κ2) is 5.05. The Morgan fingerprint density at radius 2 is 2.18 bits per heavy atom. The molecule has 2 atom stereocenters. The van der Waals surface area contributed by atoms with Crippen molar-refractivity contribution >= 4 is 5.78 Å². The van der Waals surface area contributed by atoms with Crippen LogP contribution in [-0.4, -0.2) is 34.4 Å². The summed E-state index contributed by atoms with van der Waals surface area (Å²) in [5.74, 6) is 0.950. The molecule has 0 saturated carbocycles. The number of aryl methyl sites for hydroxylation is 1. The Morgan fingerprint density at radius 3 is 2.82 bits per heavy atom. The van der Waals surface area contributed by atoms with Gasteiger partial charge in [0.05, 0.1) is 12.2 Å². The van der Waals surface area contributed by atoms with Crippen molar-refractivity contribution in [3.05, 3.63) is 24.0 Å². The van der Waals surface area contributed by atoms with Crippen molar-refractivity contribution < 1.29 is 4.79 Å². The first-order valence-electron chi connectivity index (χ1n) is 6.46. The molecule has 17 heavy (non-hydrogen) atoms. The van der Waals surface area contributed by atoms with Gasteiger partial charge in [0.25, 0.3) is 0 Å². The first-order valence-corrected chi connectivity index (χ1v) is 6.46. The zero-order chi connectivity index (χ0) is 12.4. The normalized spacial score (nSPS) is 26.1. The summed E-state index contributed by atoms with van der Waals surface area (Å²) < 4.78 is 1.90. The average molecular weight is 234 g/mol. The van der Waals surface area contributed by atoms with Crippen LogP contribution in [0.5, 0.6) is 0 Å². The van der Waals surface area contributed by atoms with Crippen molar-refractivity contribution in [3.63, 3.8) is 0 Å². The summed E-state index contributed by atoms with van der Waals surface area (Å²) in [5, 5.41) is 0. The van der Waals surface area contributed by atoms with Gasteiger partial charge in [-0.1, -0.05) is 6.92 Å². The van der Waals surface area contributed by atoms with Crippen LogP contribution in [0, 0.1) is 5.92 Å². The van der Waals surface area contributed by atoms with Crippen LogP contribution in [0.25, 0.3) is 0 Å². The van der Waals surface area contributed by atoms with E-state index in [9.17, 15) is 4.79 Å². The standard InChI is InChI=1S/C14H22N2O/c1-11-6-7-12(2)16(9-11)10-14(17)13-5-4-8-15(13)3/h4-5,8,11-12H,6-7,9-10H2,1-3H3. The Kier molecular flexibility index (Phi) is 3.67. The third kappa shape index (κ3) is 2.78. The van der Waals surface area contributed by atoms with E-state index in [-0.39, 0.29) is 5.78 Å². The van der Waals surface area contributed by atoms with Gasteiger partial charge in [-0.2, -0.15) is 0 Å². The molecule has 0 aromatic carbocycles. The van der Waals surface area contributed by atoms with Crippen LogP contribution in [0.2, 0.25) is 0 Å². The number of hydrogen-bond acceptors (Lipinski definition) is 2. The molecule has 1 aromatic heterocycles. The van der Waals surface area contributed by atoms with Gasteiger partial charge in [-0.3, -0.25) is 9.69 Å². The summed E-state index contributed by atoms with van der Waals surface area (Å²) in [6, 6.07) is 4.37. The number of nitrogens with zero attached hydrogens (tertiary/aromatic N) is 2. The lowest BCUT2D eigenvalue weighted by Crippen LogP contribution is -2.44. The fourth-order valence-electron chi connectivity index (χ4n) is 2.62. The predicted molar refractivity (Wildman–Crippen MR) is 69.2 cm³/mol. The minimum Gasteiger partial charge on any atom is -0.348 e. The van der Waals surface area contributed by atoms with E-state index in [1.54, 1.807) is 0 Å². The molecule has 0 radical (unpaired) electrons. The first-order chi connectivity index (χ1) is 8.08. The quantitative estimate of drug-likeness (QED) is 0.750. The van der Waals surface area contributed by atoms with Crippen LogP contribution in [-0.2, 0) is 7.05 Å². The summed E-state index contributed by atoms with van der Waals surface area (Å²) in [6.45, 7) is 6.11. The lowest BCUT2D eigenvalue weighted by Gasteiger charge is -2.36. The SMILES string of the molecule is CC1CCC(C)N(CC(=O)c2cccn2C)C1. The van der Waals surface area contributed by atoms with Crippen molar-refractivity contribution in [2.45, 2.75) is 32.7 Å². The van der Waals surface area contributed by atoms with Gasteiger partial charge in [0.1, 0.15) is 0 Å². The number of piperidine rings is 1. The number of carbonyl (C=O) groups excluding carboxylic acids is 1. The Balaban J connectivity index is 2.01. The molecule has 1 saturated heterocycles. The topological polar surface area (TPSA) is 25.2 Å². The number of hydrogen-bond donors (Lipinski definition) is 0. The second-order valence-electron chi connectivity index (χ2n) is 5.39. The molecule has 94 valence electrons. The van der Waals surface area contributed by atoms with Crippen LogP contribution in [0.3, 0.4) is 0 Å². The van der Waals surface area contributed by atoms with Gasteiger partial charge in [-0.15, -0.1) is 0 Å². The third-order valence-electron chi connectivity index (χ3n) is 3.82. The van der Waals surface area contributed by atoms with Gasteiger partial charge in [0, 0.05) is 25.8 Å². The highest BCUT2D eigenvalue weighted by Gasteiger charge is 2.25. The molecule has 1 fully saturated rings. The molecule has 1 aliphatic rings. The molecule has 1 aromatic rings. The maximum absolute atomic E-state index is 12.2. The molecule has 2 rings (SSSR count). The van der Waals surface area contributed by atoms with Crippen LogP contribution >= 0.6 is 0 Å². The smallest absolute Gasteiger partial charge is 0.193 e. The number of rotatable bonds is 3. The highest BCUT2D eigenvalue weighted by Crippen LogP contribution is 2.21. The number of likely N-dealkylation sites (tertiary alicyclic amines) is 1. The van der Waals surface area contributed by atoms with E-state index in [2.05, 4.69) is 18.7 Å². The zero-order valence-corrected chi connectivity index (χ0v) is 11.0. The van der Waals surface area contributed by atoms with E-state index in [4.69, 9.17) is 0 Å². The van der Waals surface area contributed by atoms with E-state index < -0.39 is 0 Å². The molecule has 0 aliphatic carbocycles. The molecular weight excluding hydrogens is 212 g/mol. The summed E-state index contributed by atoms with van der Waals surface area (Å²) in [5.41, 5.74) is 0.815. The lowest BCUT2D eigenvalue weighted by atomic mass is 9.95. The summed E-state index contributed by atoms with van der Waals surface area (Å²) in [4.78, 5) is 14.5. The molecule has 2 unspecified atom stereocenters. The molecule has 3 nitrogen and oxygen atoms in total. The molecule has 0 bridgehead atoms. The number of carbonyl (C=O) groups is 1. The van der Waals surface area contributed by atoms with E-state index >= 15 is 0 Å². The van der Waals surface area contributed by atoms with Crippen molar-refractivity contribution in [1.29, 1.82) is 0 Å². The summed E-state index contributed by atoms with van der Waals surface area (Å²) in [6.07, 6.45) is 4.42. The maximum atomic E-state index is 12.2. The Hall–Kier alpha value is -1.09. The predicted octanol–water partition coefficient (Wildman–Crippen LogP) is 2.33. The maximum Gasteiger partial charge on any atom is 0.193 e. The van der Waals surface area contributed by atoms with E-state index in [1.807, 2.05) is 29.9 Å². The van der Waals surface area contributed by atoms with E-state index in [0.29, 0.717) is 18.5 Å². The van der Waals surface area contributed by atoms with Crippen molar-refractivity contribution in [2.75, 3.05) is 13.1 Å². The van der Waals surface area contributed by atoms with Gasteiger partial charge in [0.15, 0.2) is 5.78 Å². The molecule has 0 N–H and O–H groups in total. The van der Waals surface area contributed by atoms with Crippen molar-refractivity contribution in [3.8, 4) is 0 Å². The molecule has 0 amide bonds. The van der Waals surface area contributed by atoms with Crippen LogP contribution < -0.4 is 0 Å². The van der Waals surface area contributed by atoms with Gasteiger partial charge >= 0.3 is 0 Å². The van der Waals surface area contributed by atoms with Gasteiger partial charge in [-0.05, 0) is 37.8 Å². The van der Waals surface area contributed by atoms with Gasteiger partial charge in [0.2, 0.25) is 0 Å². The number of Topliss-reactive ketones (excluding diaryl/α,β-unsaturated/α-hetero) is 1. The molecule has 0 spiro atoms. The summed E-state index contributed by atoms with van der Waals surface area (Å²) >= 11 is 0. The fraction of sp³-hybridized carbons (Fsp3) is 0.643. The lowest BCUT2D eigenvalue weighted by molar-refractivity contribution is 0.0798. The van der Waals surface area contributed by atoms with Crippen LogP contribution in [0.1, 0.15) is 37.2 Å². The van der Waals surface area contributed by atoms with Crippen LogP contribution in [0.4, 0.5) is 0 Å². The monoisotopic (exact) mass is 234 g/mol.